The van der Waals surface area contributed by atoms with Crippen molar-refractivity contribution in [2.75, 3.05) is 120 Å². The minimum Gasteiger partial charge on any atom is -0.450 e. The maximum atomic E-state index is 13.6. The maximum absolute atomic E-state index is 13.6. The summed E-state index contributed by atoms with van der Waals surface area (Å²) < 4.78 is 55.2. The van der Waals surface area contributed by atoms with Crippen molar-refractivity contribution in [3.05, 3.63) is 0 Å². The van der Waals surface area contributed by atoms with Gasteiger partial charge in [-0.05, 0) is 116 Å². The molecule has 0 aromatic heterocycles. The third-order valence-corrected chi connectivity index (χ3v) is 21.9. The number of likely N-dealkylation sites (tertiary alicyclic amines) is 1. The quantitative estimate of drug-likeness (QED) is 0.0257. The Balaban J connectivity index is 0.00000115. The highest BCUT2D eigenvalue weighted by Crippen LogP contribution is 2.30. The molecule has 4 rings (SSSR count). The highest BCUT2D eigenvalue weighted by molar-refractivity contribution is 5.85. The van der Waals surface area contributed by atoms with Gasteiger partial charge in [0.15, 0.2) is 18.9 Å². The number of aldehydes is 1. The van der Waals surface area contributed by atoms with E-state index in [1.54, 1.807) is 19.1 Å². The summed E-state index contributed by atoms with van der Waals surface area (Å²) >= 11 is 0. The number of methoxy groups -OCH3 is 2. The summed E-state index contributed by atoms with van der Waals surface area (Å²) in [5.41, 5.74) is -0.915. The molecule has 10 amide bonds. The van der Waals surface area contributed by atoms with Gasteiger partial charge in [-0.1, -0.05) is 44.9 Å². The number of rotatable bonds is 66. The number of nitrogens with one attached hydrogen (secondary N) is 9. The summed E-state index contributed by atoms with van der Waals surface area (Å²) in [6, 6.07) is -3.21. The lowest BCUT2D eigenvalue weighted by Crippen LogP contribution is -2.64. The van der Waals surface area contributed by atoms with Crippen molar-refractivity contribution in [2.24, 2.45) is 0 Å². The van der Waals surface area contributed by atoms with E-state index in [2.05, 4.69) is 47.9 Å². The molecule has 126 heavy (non-hydrogen) atoms. The third-order valence-electron chi connectivity index (χ3n) is 21.9. The zero-order chi connectivity index (χ0) is 93.0. The molecule has 0 spiro atoms. The van der Waals surface area contributed by atoms with Crippen LogP contribution in [0.5, 0.6) is 0 Å². The van der Waals surface area contributed by atoms with Crippen LogP contribution in [-0.4, -0.2) is 357 Å². The zero-order valence-corrected chi connectivity index (χ0v) is 74.4. The van der Waals surface area contributed by atoms with Crippen LogP contribution in [0.3, 0.4) is 0 Å². The van der Waals surface area contributed by atoms with Gasteiger partial charge in [0.1, 0.15) is 85.1 Å². The number of carbonyl (C=O) groups excluding carboxylic acids is 12. The number of Topliss-reactive ketones (excluding diaryl/α,β-unsaturated/α-hetero) is 1. The van der Waals surface area contributed by atoms with E-state index in [1.165, 1.54) is 20.8 Å². The molecule has 4 saturated heterocycles. The predicted octanol–water partition coefficient (Wildman–Crippen LogP) is -0.985. The lowest BCUT2D eigenvalue weighted by Gasteiger charge is -2.42. The molecule has 0 aromatic carbocycles. The first kappa shape index (κ1) is 113. The Morgan fingerprint density at radius 2 is 0.786 bits per heavy atom. The minimum atomic E-state index is -1.44. The lowest BCUT2D eigenvalue weighted by atomic mass is 9.83. The Morgan fingerprint density at radius 1 is 0.413 bits per heavy atom. The van der Waals surface area contributed by atoms with E-state index in [1.807, 2.05) is 0 Å². The molecule has 0 radical (unpaired) electrons. The molecule has 0 aromatic rings. The number of aliphatic hydroxyl groups excluding tert-OH is 10. The van der Waals surface area contributed by atoms with Crippen LogP contribution in [0.25, 0.3) is 0 Å². The monoisotopic (exact) mass is 1810 g/mol. The molecule has 15 unspecified atom stereocenters. The fourth-order valence-corrected chi connectivity index (χ4v) is 15.0. The summed E-state index contributed by atoms with van der Waals surface area (Å²) in [6.07, 6.45) is 1.41. The average molecular weight is 1810 g/mol. The number of aliphatic hydroxyl groups is 10. The predicted molar refractivity (Wildman–Crippen MR) is 451 cm³/mol. The molecule has 0 bridgehead atoms. The Bertz CT molecular complexity index is 3000. The summed E-state index contributed by atoms with van der Waals surface area (Å²) in [5, 5.41) is 124. The van der Waals surface area contributed by atoms with Gasteiger partial charge in [-0.15, -0.1) is 0 Å². The Morgan fingerprint density at radius 3 is 1.15 bits per heavy atom. The number of carbonyl (C=O) groups is 12. The van der Waals surface area contributed by atoms with Crippen molar-refractivity contribution in [1.29, 1.82) is 0 Å². The average Bonchev–Trinajstić information content (AvgIpc) is 1.06. The smallest absolute Gasteiger partial charge is 0.407 e. The fourth-order valence-electron chi connectivity index (χ4n) is 15.0. The summed E-state index contributed by atoms with van der Waals surface area (Å²) in [6.45, 7) is 5.24. The van der Waals surface area contributed by atoms with Crippen LogP contribution >= 0.6 is 0 Å². The van der Waals surface area contributed by atoms with E-state index in [4.69, 9.17) is 47.4 Å². The number of nitrogens with zero attached hydrogens (tertiary/aromatic N) is 1. The first-order valence-electron chi connectivity index (χ1n) is 44.8. The largest absolute Gasteiger partial charge is 0.450 e. The molecule has 4 aliphatic heterocycles. The standard InChI is InChI=1S/C64H114N8O24.C20H36N2O8/c1-43(76)69-54-58(85)56(83)48(40-74)95-60(54)91-34-15-21-50(79)65-29-11-5-7-13-31-67-62(87)93-36-18-27-64(26-17-33-73,71-52(81)25-24-46(78)20-9-10-23-53(82)72-39-47(90-4)38-45(72)42-89-3)28-19-37-94-63(88)68-32-14-8-6-12-30-66-51(80)22-16-35-92-61-55(70-44(2)77)59(86)57(84)49(41-75)96-61;1-14(25)22-17-19(28)18(27)15(13-24)30-20(17)29-12-8-9-16(26)21-10-6-4-2-3-5-7-11-23/h45,47-49,54-61,73-75,83-86H,5-42H2,1-4H3,(H,65,79)(H,66,80)(H,67,87)(H,68,88)(H,69,76)(H,70,77)(H,71,81);11,15,17-20,24,27-28H,2-10,12-13H2,1H3,(H,21,26)(H,22,25)/t45-,47+,48?,49?,54?,55?,56?,57?,58?,59?,60?,61?,64?;/m1./s1. The molecule has 4 heterocycles. The van der Waals surface area contributed by atoms with Crippen LogP contribution in [0, 0.1) is 0 Å². The number of ether oxygens (including phenoxy) is 10. The molecule has 0 saturated carbocycles. The molecule has 42 nitrogen and oxygen atoms in total. The highest BCUT2D eigenvalue weighted by atomic mass is 16.7. The van der Waals surface area contributed by atoms with Crippen LogP contribution in [0.1, 0.15) is 233 Å². The number of amides is 10. The summed E-state index contributed by atoms with van der Waals surface area (Å²) in [5.74, 6) is -2.39. The van der Waals surface area contributed by atoms with Gasteiger partial charge in [0, 0.05) is 138 Å². The molecule has 42 heteroatoms. The van der Waals surface area contributed by atoms with Crippen LogP contribution in [-0.2, 0) is 95.3 Å². The Hall–Kier alpha value is -7.08. The number of hydrogen-bond donors (Lipinski definition) is 19. The van der Waals surface area contributed by atoms with E-state index in [-0.39, 0.29) is 132 Å². The van der Waals surface area contributed by atoms with Gasteiger partial charge in [0.05, 0.1) is 71.6 Å². The van der Waals surface area contributed by atoms with E-state index in [9.17, 15) is 109 Å². The second-order valence-electron chi connectivity index (χ2n) is 32.3. The normalized spacial score (nSPS) is 24.4. The SMILES string of the molecule is CC(=O)NC1C(OCCCC(=O)NCCCCCCCC=O)OC(CO)C(O)C1O.COC[C@H]1C[C@H](OC)CN1C(=O)CCCCC(=O)CCC(=O)NC(CCCO)(CCCOC(=O)NCCCCCCNC(=O)CCCOC1OC(CO)C(O)C(O)C1NC(C)=O)CCCOC(=O)NCCCCCCNC(=O)CCCOC1OC(CO)C(O)C(O)C1NC(C)=O. The van der Waals surface area contributed by atoms with Gasteiger partial charge < -0.3 is 156 Å². The molecular formula is C84H150N10O32. The van der Waals surface area contributed by atoms with Crippen molar-refractivity contribution >= 4 is 71.5 Å². The second kappa shape index (κ2) is 67.2. The lowest BCUT2D eigenvalue weighted by molar-refractivity contribution is -0.270. The van der Waals surface area contributed by atoms with Gasteiger partial charge in [-0.25, -0.2) is 9.59 Å². The zero-order valence-electron chi connectivity index (χ0n) is 74.4. The van der Waals surface area contributed by atoms with Crippen molar-refractivity contribution < 1.29 is 156 Å². The van der Waals surface area contributed by atoms with Gasteiger partial charge in [0.25, 0.3) is 0 Å². The number of ketones is 1. The van der Waals surface area contributed by atoms with Gasteiger partial charge in [0.2, 0.25) is 47.3 Å². The van der Waals surface area contributed by atoms with E-state index in [0.29, 0.717) is 155 Å². The number of hydrogen-bond acceptors (Lipinski definition) is 32. The van der Waals surface area contributed by atoms with Gasteiger partial charge in [-0.3, -0.25) is 43.2 Å². The summed E-state index contributed by atoms with van der Waals surface area (Å²) in [7, 11) is 3.21. The van der Waals surface area contributed by atoms with Crippen LogP contribution in [0.15, 0.2) is 0 Å². The summed E-state index contributed by atoms with van der Waals surface area (Å²) in [4.78, 5) is 149. The van der Waals surface area contributed by atoms with Crippen molar-refractivity contribution in [1.82, 2.24) is 52.8 Å². The maximum Gasteiger partial charge on any atom is 0.407 e. The fraction of sp³-hybridized carbons (Fsp3) is 0.857. The van der Waals surface area contributed by atoms with E-state index in [0.717, 1.165) is 64.1 Å². The first-order valence-corrected chi connectivity index (χ1v) is 44.8. The van der Waals surface area contributed by atoms with E-state index >= 15 is 0 Å². The molecule has 4 fully saturated rings. The minimum absolute atomic E-state index is 0.0104. The molecule has 19 N–H and O–H groups in total. The Kier molecular flexibility index (Phi) is 60.3. The first-order chi connectivity index (χ1) is 60.5. The second-order valence-corrected chi connectivity index (χ2v) is 32.3. The van der Waals surface area contributed by atoms with Crippen molar-refractivity contribution in [2.45, 2.75) is 342 Å². The van der Waals surface area contributed by atoms with Crippen LogP contribution < -0.4 is 47.9 Å². The van der Waals surface area contributed by atoms with Crippen molar-refractivity contribution in [3.8, 4) is 0 Å². The third kappa shape index (κ3) is 47.0. The topological polar surface area (TPSA) is 611 Å². The number of unbranched alkanes of at least 4 members (excludes halogenated alkanes) is 12. The van der Waals surface area contributed by atoms with Crippen LogP contribution in [0.2, 0.25) is 0 Å². The van der Waals surface area contributed by atoms with Gasteiger partial charge >= 0.3 is 12.2 Å². The Labute approximate surface area is 739 Å². The highest BCUT2D eigenvalue weighted by Gasteiger charge is 2.48. The molecular weight excluding hydrogens is 1660 g/mol. The molecule has 4 aliphatic rings. The molecule has 17 atom stereocenters. The number of alkyl carbamates (subject to hydrolysis) is 2. The van der Waals surface area contributed by atoms with Crippen molar-refractivity contribution in [3.63, 3.8) is 0 Å². The van der Waals surface area contributed by atoms with Gasteiger partial charge in [-0.2, -0.15) is 0 Å². The van der Waals surface area contributed by atoms with E-state index < -0.39 is 147 Å². The molecule has 0 aliphatic carbocycles. The molecule has 728 valence electrons. The van der Waals surface area contributed by atoms with Crippen LogP contribution in [0.4, 0.5) is 9.59 Å².